The van der Waals surface area contributed by atoms with Crippen LogP contribution in [0.15, 0.2) is 4.99 Å². The fraction of sp³-hybridized carbons (Fsp3) is 0.812. The van der Waals surface area contributed by atoms with Gasteiger partial charge in [0.2, 0.25) is 0 Å². The zero-order valence-corrected chi connectivity index (χ0v) is 17.9. The van der Waals surface area contributed by atoms with Gasteiger partial charge in [-0.25, -0.2) is 4.79 Å². The summed E-state index contributed by atoms with van der Waals surface area (Å²) in [4.78, 5) is 29.6. The van der Waals surface area contributed by atoms with E-state index in [1.165, 1.54) is 4.90 Å². The second-order valence-corrected chi connectivity index (χ2v) is 6.60. The third-order valence-electron chi connectivity index (χ3n) is 4.49. The van der Waals surface area contributed by atoms with Gasteiger partial charge in [0, 0.05) is 26.2 Å². The molecule has 0 saturated carbocycles. The van der Waals surface area contributed by atoms with Crippen LogP contribution in [0.4, 0.5) is 4.79 Å². The molecule has 1 aliphatic rings. The standard InChI is InChI=1S/C16H31N5O2.HI/c1-7-16(5)13(22)21(15(23)20-16)10-8-9-18-14(17-6)19-12(4)11(2)3;/h11-12H,7-10H2,1-6H3,(H,20,23)(H2,17,18,19);1H. The quantitative estimate of drug-likeness (QED) is 0.181. The molecule has 1 heterocycles. The number of amides is 3. The highest BCUT2D eigenvalue weighted by Crippen LogP contribution is 2.20. The lowest BCUT2D eigenvalue weighted by atomic mass is 9.99. The van der Waals surface area contributed by atoms with Crippen molar-refractivity contribution in [3.63, 3.8) is 0 Å². The molecule has 2 unspecified atom stereocenters. The van der Waals surface area contributed by atoms with Gasteiger partial charge in [-0.05, 0) is 32.6 Å². The lowest BCUT2D eigenvalue weighted by molar-refractivity contribution is -0.130. The van der Waals surface area contributed by atoms with Gasteiger partial charge in [-0.15, -0.1) is 24.0 Å². The van der Waals surface area contributed by atoms with E-state index in [0.717, 1.165) is 5.96 Å². The largest absolute Gasteiger partial charge is 0.356 e. The zero-order chi connectivity index (χ0) is 17.6. The van der Waals surface area contributed by atoms with Gasteiger partial charge in [-0.1, -0.05) is 20.8 Å². The lowest BCUT2D eigenvalue weighted by Gasteiger charge is -2.21. The van der Waals surface area contributed by atoms with Gasteiger partial charge in [0.25, 0.3) is 5.91 Å². The Balaban J connectivity index is 0.00000529. The van der Waals surface area contributed by atoms with Crippen LogP contribution in [-0.2, 0) is 4.79 Å². The first-order valence-corrected chi connectivity index (χ1v) is 8.36. The predicted octanol–water partition coefficient (Wildman–Crippen LogP) is 1.92. The second kappa shape index (κ2) is 10.0. The molecule has 8 heteroatoms. The van der Waals surface area contributed by atoms with Gasteiger partial charge < -0.3 is 16.0 Å². The zero-order valence-electron chi connectivity index (χ0n) is 15.6. The lowest BCUT2D eigenvalue weighted by Crippen LogP contribution is -2.45. The number of imide groups is 1. The Labute approximate surface area is 162 Å². The average Bonchev–Trinajstić information content (AvgIpc) is 2.73. The maximum Gasteiger partial charge on any atom is 0.325 e. The minimum absolute atomic E-state index is 0. The molecule has 0 radical (unpaired) electrons. The van der Waals surface area contributed by atoms with E-state index in [-0.39, 0.29) is 35.9 Å². The van der Waals surface area contributed by atoms with Gasteiger partial charge in [-0.2, -0.15) is 0 Å². The molecule has 1 saturated heterocycles. The number of guanidine groups is 1. The highest BCUT2D eigenvalue weighted by atomic mass is 127. The molecule has 0 bridgehead atoms. The Morgan fingerprint density at radius 3 is 2.42 bits per heavy atom. The van der Waals surface area contributed by atoms with E-state index in [1.54, 1.807) is 14.0 Å². The minimum Gasteiger partial charge on any atom is -0.356 e. The molecule has 7 nitrogen and oxygen atoms in total. The molecule has 1 aliphatic heterocycles. The highest BCUT2D eigenvalue weighted by Gasteiger charge is 2.45. The van der Waals surface area contributed by atoms with Gasteiger partial charge in [-0.3, -0.25) is 14.7 Å². The predicted molar refractivity (Wildman–Crippen MR) is 108 cm³/mol. The SMILES string of the molecule is CCC1(C)NC(=O)N(CCCNC(=NC)NC(C)C(C)C)C1=O.I. The Hall–Kier alpha value is -1.06. The first-order valence-electron chi connectivity index (χ1n) is 8.36. The normalized spacial score (nSPS) is 22.3. The number of halogens is 1. The molecule has 0 aliphatic carbocycles. The summed E-state index contributed by atoms with van der Waals surface area (Å²) in [6.07, 6.45) is 1.27. The van der Waals surface area contributed by atoms with Crippen LogP contribution in [0, 0.1) is 5.92 Å². The van der Waals surface area contributed by atoms with Crippen molar-refractivity contribution in [2.45, 2.75) is 59.0 Å². The van der Waals surface area contributed by atoms with Crippen LogP contribution in [0.3, 0.4) is 0 Å². The van der Waals surface area contributed by atoms with Crippen molar-refractivity contribution < 1.29 is 9.59 Å². The van der Waals surface area contributed by atoms with Crippen molar-refractivity contribution in [3.8, 4) is 0 Å². The number of carbonyl (C=O) groups excluding carboxylic acids is 2. The van der Waals surface area contributed by atoms with Crippen molar-refractivity contribution in [1.82, 2.24) is 20.9 Å². The Morgan fingerprint density at radius 1 is 1.33 bits per heavy atom. The van der Waals surface area contributed by atoms with Crippen LogP contribution in [0.25, 0.3) is 0 Å². The molecule has 140 valence electrons. The Bertz CT molecular complexity index is 469. The first-order chi connectivity index (χ1) is 10.7. The van der Waals surface area contributed by atoms with Gasteiger partial charge in [0.15, 0.2) is 5.96 Å². The summed E-state index contributed by atoms with van der Waals surface area (Å²) in [5.74, 6) is 1.11. The molecule has 0 spiro atoms. The molecule has 1 rings (SSSR count). The smallest absolute Gasteiger partial charge is 0.325 e. The topological polar surface area (TPSA) is 85.8 Å². The van der Waals surface area contributed by atoms with Crippen LogP contribution >= 0.6 is 24.0 Å². The van der Waals surface area contributed by atoms with Crippen LogP contribution < -0.4 is 16.0 Å². The summed E-state index contributed by atoms with van der Waals surface area (Å²) in [7, 11) is 1.73. The number of aliphatic imine (C=N–C) groups is 1. The first kappa shape index (κ1) is 22.9. The fourth-order valence-corrected chi connectivity index (χ4v) is 2.21. The summed E-state index contributed by atoms with van der Waals surface area (Å²) in [6.45, 7) is 11.1. The number of hydrogen-bond acceptors (Lipinski definition) is 3. The van der Waals surface area contributed by atoms with Crippen LogP contribution in [0.1, 0.15) is 47.5 Å². The summed E-state index contributed by atoms with van der Waals surface area (Å²) >= 11 is 0. The van der Waals surface area contributed by atoms with Gasteiger partial charge >= 0.3 is 6.03 Å². The molecule has 3 N–H and O–H groups in total. The summed E-state index contributed by atoms with van der Waals surface area (Å²) in [5, 5.41) is 9.29. The van der Waals surface area contributed by atoms with E-state index in [1.807, 2.05) is 6.92 Å². The summed E-state index contributed by atoms with van der Waals surface area (Å²) in [5.41, 5.74) is -0.755. The molecule has 0 aromatic rings. The van der Waals surface area contributed by atoms with Crippen molar-refractivity contribution in [3.05, 3.63) is 0 Å². The van der Waals surface area contributed by atoms with Gasteiger partial charge in [0.05, 0.1) is 0 Å². The molecular formula is C16H32IN5O2. The molecule has 1 fully saturated rings. The molecular weight excluding hydrogens is 421 g/mol. The minimum atomic E-state index is -0.755. The van der Waals surface area contributed by atoms with Crippen LogP contribution in [-0.4, -0.2) is 54.5 Å². The molecule has 0 aromatic carbocycles. The second-order valence-electron chi connectivity index (χ2n) is 6.60. The average molecular weight is 453 g/mol. The van der Waals surface area contributed by atoms with E-state index >= 15 is 0 Å². The monoisotopic (exact) mass is 453 g/mol. The van der Waals surface area contributed by atoms with Crippen molar-refractivity contribution in [2.75, 3.05) is 20.1 Å². The Morgan fingerprint density at radius 2 is 1.96 bits per heavy atom. The number of hydrogen-bond donors (Lipinski definition) is 3. The Kier molecular flexibility index (Phi) is 9.61. The van der Waals surface area contributed by atoms with E-state index in [2.05, 4.69) is 41.7 Å². The van der Waals surface area contributed by atoms with Crippen molar-refractivity contribution in [1.29, 1.82) is 0 Å². The summed E-state index contributed by atoms with van der Waals surface area (Å²) in [6, 6.07) is 0.0210. The number of carbonyl (C=O) groups is 2. The van der Waals surface area contributed by atoms with Gasteiger partial charge in [0.1, 0.15) is 5.54 Å². The van der Waals surface area contributed by atoms with Crippen LogP contribution in [0.2, 0.25) is 0 Å². The number of nitrogens with one attached hydrogen (secondary N) is 3. The van der Waals surface area contributed by atoms with Crippen molar-refractivity contribution >= 4 is 41.9 Å². The molecule has 24 heavy (non-hydrogen) atoms. The molecule has 2 atom stereocenters. The fourth-order valence-electron chi connectivity index (χ4n) is 2.21. The number of rotatable bonds is 7. The third-order valence-corrected chi connectivity index (χ3v) is 4.49. The molecule has 3 amide bonds. The number of urea groups is 1. The maximum atomic E-state index is 12.3. The van der Waals surface area contributed by atoms with E-state index in [0.29, 0.717) is 37.9 Å². The van der Waals surface area contributed by atoms with Crippen LogP contribution in [0.5, 0.6) is 0 Å². The van der Waals surface area contributed by atoms with E-state index in [9.17, 15) is 9.59 Å². The van der Waals surface area contributed by atoms with E-state index in [4.69, 9.17) is 0 Å². The number of nitrogens with zero attached hydrogens (tertiary/aromatic N) is 2. The highest BCUT2D eigenvalue weighted by molar-refractivity contribution is 14.0. The maximum absolute atomic E-state index is 12.3. The van der Waals surface area contributed by atoms with Crippen molar-refractivity contribution in [2.24, 2.45) is 10.9 Å². The summed E-state index contributed by atoms with van der Waals surface area (Å²) < 4.78 is 0. The van der Waals surface area contributed by atoms with E-state index < -0.39 is 5.54 Å². The third kappa shape index (κ3) is 5.78. The molecule has 0 aromatic heterocycles.